The summed E-state index contributed by atoms with van der Waals surface area (Å²) in [5, 5.41) is 9.14. The molecule has 0 atom stereocenters. The van der Waals surface area contributed by atoms with Crippen LogP contribution in [0.1, 0.15) is 0 Å². The summed E-state index contributed by atoms with van der Waals surface area (Å²) < 4.78 is 0. The zero-order valence-corrected chi connectivity index (χ0v) is 11.5. The van der Waals surface area contributed by atoms with Crippen LogP contribution in [0.5, 0.6) is 0 Å². The van der Waals surface area contributed by atoms with Gasteiger partial charge in [0.25, 0.3) is 0 Å². The average molecular weight is 345 g/mol. The van der Waals surface area contributed by atoms with Gasteiger partial charge in [0.15, 0.2) is 0 Å². The molecular weight excluding hydrogens is 330 g/mol. The summed E-state index contributed by atoms with van der Waals surface area (Å²) in [5.41, 5.74) is 0. The number of carbonyl (C=O) groups is 2. The summed E-state index contributed by atoms with van der Waals surface area (Å²) in [5.74, 6) is -0.0474. The quantitative estimate of drug-likeness (QED) is 0.414. The van der Waals surface area contributed by atoms with Crippen LogP contribution in [0.2, 0.25) is 0 Å². The lowest BCUT2D eigenvalue weighted by atomic mass is 10.5. The van der Waals surface area contributed by atoms with E-state index < -0.39 is 0 Å². The molecule has 0 saturated heterocycles. The fourth-order valence-electron chi connectivity index (χ4n) is 0.800. The SMILES string of the molecule is O=C(CBr)NCCNCCNC(=O)CBr. The zero-order valence-electron chi connectivity index (χ0n) is 8.32. The highest BCUT2D eigenvalue weighted by atomic mass is 79.9. The molecule has 2 amide bonds. The van der Waals surface area contributed by atoms with E-state index >= 15 is 0 Å². The van der Waals surface area contributed by atoms with Crippen molar-refractivity contribution in [1.82, 2.24) is 16.0 Å². The van der Waals surface area contributed by atoms with Crippen LogP contribution >= 0.6 is 31.9 Å². The van der Waals surface area contributed by atoms with E-state index in [1.807, 2.05) is 0 Å². The van der Waals surface area contributed by atoms with Gasteiger partial charge in [-0.2, -0.15) is 0 Å². The Kier molecular flexibility index (Phi) is 10.3. The molecule has 88 valence electrons. The van der Waals surface area contributed by atoms with E-state index in [1.54, 1.807) is 0 Å². The van der Waals surface area contributed by atoms with Crippen LogP contribution in [0.4, 0.5) is 0 Å². The summed E-state index contributed by atoms with van der Waals surface area (Å²) >= 11 is 6.10. The third-order valence-electron chi connectivity index (χ3n) is 1.49. The lowest BCUT2D eigenvalue weighted by molar-refractivity contribution is -0.119. The van der Waals surface area contributed by atoms with Gasteiger partial charge in [0.1, 0.15) is 0 Å². The first kappa shape index (κ1) is 14.9. The smallest absolute Gasteiger partial charge is 0.230 e. The van der Waals surface area contributed by atoms with Gasteiger partial charge in [-0.05, 0) is 0 Å². The van der Waals surface area contributed by atoms with E-state index in [1.165, 1.54) is 0 Å². The largest absolute Gasteiger partial charge is 0.354 e. The first-order valence-corrected chi connectivity index (χ1v) is 6.81. The highest BCUT2D eigenvalue weighted by molar-refractivity contribution is 9.09. The number of alkyl halides is 2. The van der Waals surface area contributed by atoms with Crippen molar-refractivity contribution in [2.45, 2.75) is 0 Å². The van der Waals surface area contributed by atoms with Gasteiger partial charge < -0.3 is 16.0 Å². The summed E-state index contributed by atoms with van der Waals surface area (Å²) in [7, 11) is 0. The molecule has 0 saturated carbocycles. The number of halogens is 2. The Morgan fingerprint density at radius 2 is 1.20 bits per heavy atom. The summed E-state index contributed by atoms with van der Waals surface area (Å²) in [6, 6.07) is 0. The minimum atomic E-state index is -0.0237. The average Bonchev–Trinajstić information content (AvgIpc) is 2.26. The maximum absolute atomic E-state index is 10.8. The normalized spacial score (nSPS) is 9.73. The maximum atomic E-state index is 10.8. The Balaban J connectivity index is 3.11. The van der Waals surface area contributed by atoms with Gasteiger partial charge in [-0.1, -0.05) is 31.9 Å². The van der Waals surface area contributed by atoms with E-state index in [0.717, 1.165) is 0 Å². The number of hydrogen-bond acceptors (Lipinski definition) is 3. The Labute approximate surface area is 106 Å². The van der Waals surface area contributed by atoms with Crippen molar-refractivity contribution in [3.05, 3.63) is 0 Å². The highest BCUT2D eigenvalue weighted by Gasteiger charge is 1.96. The lowest BCUT2D eigenvalue weighted by Crippen LogP contribution is -2.36. The van der Waals surface area contributed by atoms with Crippen LogP contribution in [0.3, 0.4) is 0 Å². The molecule has 0 fully saturated rings. The van der Waals surface area contributed by atoms with Crippen molar-refractivity contribution in [1.29, 1.82) is 0 Å². The molecule has 0 aromatic heterocycles. The van der Waals surface area contributed by atoms with E-state index in [2.05, 4.69) is 47.8 Å². The van der Waals surface area contributed by atoms with Crippen molar-refractivity contribution < 1.29 is 9.59 Å². The van der Waals surface area contributed by atoms with E-state index in [-0.39, 0.29) is 11.8 Å². The molecule has 0 aliphatic carbocycles. The molecule has 0 spiro atoms. The van der Waals surface area contributed by atoms with Crippen molar-refractivity contribution in [2.24, 2.45) is 0 Å². The second-order valence-corrected chi connectivity index (χ2v) is 3.84. The van der Waals surface area contributed by atoms with Gasteiger partial charge in [0.2, 0.25) is 11.8 Å². The molecule has 15 heavy (non-hydrogen) atoms. The van der Waals surface area contributed by atoms with Gasteiger partial charge in [-0.25, -0.2) is 0 Å². The first-order chi connectivity index (χ1) is 7.20. The van der Waals surface area contributed by atoms with Crippen LogP contribution in [0, 0.1) is 0 Å². The molecule has 0 aromatic carbocycles. The minimum absolute atomic E-state index is 0.0237. The van der Waals surface area contributed by atoms with Gasteiger partial charge in [0.05, 0.1) is 10.7 Å². The van der Waals surface area contributed by atoms with Crippen LogP contribution in [0.25, 0.3) is 0 Å². The highest BCUT2D eigenvalue weighted by Crippen LogP contribution is 1.77. The molecular formula is C8H15Br2N3O2. The van der Waals surface area contributed by atoms with Gasteiger partial charge in [-0.15, -0.1) is 0 Å². The third-order valence-corrected chi connectivity index (χ3v) is 2.51. The molecule has 7 heteroatoms. The lowest BCUT2D eigenvalue weighted by Gasteiger charge is -2.06. The Hall–Kier alpha value is -0.140. The summed E-state index contributed by atoms with van der Waals surface area (Å²) in [6.45, 7) is 2.58. The third kappa shape index (κ3) is 10.1. The van der Waals surface area contributed by atoms with E-state index in [0.29, 0.717) is 36.8 Å². The van der Waals surface area contributed by atoms with Crippen molar-refractivity contribution in [2.75, 3.05) is 36.8 Å². The molecule has 0 aromatic rings. The fourth-order valence-corrected chi connectivity index (χ4v) is 1.20. The molecule has 0 heterocycles. The van der Waals surface area contributed by atoms with Crippen molar-refractivity contribution in [3.8, 4) is 0 Å². The number of amides is 2. The van der Waals surface area contributed by atoms with Crippen LogP contribution in [-0.4, -0.2) is 48.7 Å². The Morgan fingerprint density at radius 1 is 0.800 bits per heavy atom. The summed E-state index contributed by atoms with van der Waals surface area (Å²) in [4.78, 5) is 21.6. The zero-order chi connectivity index (χ0) is 11.5. The summed E-state index contributed by atoms with van der Waals surface area (Å²) in [6.07, 6.45) is 0. The second kappa shape index (κ2) is 10.4. The topological polar surface area (TPSA) is 70.2 Å². The number of hydrogen-bond donors (Lipinski definition) is 3. The van der Waals surface area contributed by atoms with Gasteiger partial charge >= 0.3 is 0 Å². The Morgan fingerprint density at radius 3 is 1.53 bits per heavy atom. The molecule has 0 bridgehead atoms. The minimum Gasteiger partial charge on any atom is -0.354 e. The number of carbonyl (C=O) groups excluding carboxylic acids is 2. The second-order valence-electron chi connectivity index (χ2n) is 2.72. The monoisotopic (exact) mass is 343 g/mol. The molecule has 3 N–H and O–H groups in total. The van der Waals surface area contributed by atoms with Gasteiger partial charge in [-0.3, -0.25) is 9.59 Å². The number of nitrogens with one attached hydrogen (secondary N) is 3. The molecule has 0 aliphatic heterocycles. The van der Waals surface area contributed by atoms with E-state index in [4.69, 9.17) is 0 Å². The molecule has 0 rings (SSSR count). The van der Waals surface area contributed by atoms with Crippen molar-refractivity contribution in [3.63, 3.8) is 0 Å². The standard InChI is InChI=1S/C8H15Br2N3O2/c9-5-7(14)12-3-1-11-2-4-13-8(15)6-10/h11H,1-6H2,(H,12,14)(H,13,15). The molecule has 5 nitrogen and oxygen atoms in total. The maximum Gasteiger partial charge on any atom is 0.230 e. The molecule has 0 radical (unpaired) electrons. The molecule has 0 unspecified atom stereocenters. The van der Waals surface area contributed by atoms with Crippen molar-refractivity contribution >= 4 is 43.7 Å². The van der Waals surface area contributed by atoms with Gasteiger partial charge in [0, 0.05) is 26.2 Å². The van der Waals surface area contributed by atoms with Crippen LogP contribution in [0.15, 0.2) is 0 Å². The Bertz CT molecular complexity index is 182. The predicted molar refractivity (Wildman–Crippen MR) is 66.5 cm³/mol. The number of rotatable bonds is 8. The predicted octanol–water partition coefficient (Wildman–Crippen LogP) is -0.402. The first-order valence-electron chi connectivity index (χ1n) is 4.56. The van der Waals surface area contributed by atoms with Crippen LogP contribution in [-0.2, 0) is 9.59 Å². The fraction of sp³-hybridized carbons (Fsp3) is 0.750. The molecule has 0 aliphatic rings. The van der Waals surface area contributed by atoms with E-state index in [9.17, 15) is 9.59 Å². The van der Waals surface area contributed by atoms with Crippen LogP contribution < -0.4 is 16.0 Å².